The van der Waals surface area contributed by atoms with Gasteiger partial charge in [0.15, 0.2) is 0 Å². The summed E-state index contributed by atoms with van der Waals surface area (Å²) in [5.41, 5.74) is 0.719. The van der Waals surface area contributed by atoms with E-state index < -0.39 is 0 Å². The van der Waals surface area contributed by atoms with Gasteiger partial charge in [0.25, 0.3) is 0 Å². The van der Waals surface area contributed by atoms with E-state index in [-0.39, 0.29) is 12.1 Å². The third kappa shape index (κ3) is 3.85. The van der Waals surface area contributed by atoms with Crippen LogP contribution in [0.1, 0.15) is 32.6 Å². The van der Waals surface area contributed by atoms with Crippen LogP contribution >= 0.6 is 0 Å². The minimum absolute atomic E-state index is 0.136. The molecule has 5 heteroatoms. The standard InChI is InChI=1S/C15H24N4O/c1-11-6-4-5-7-13(11)18-15(20)17-12-8-9-14(16-10-12)19(2)3/h8-11,13H,4-7H2,1-3H3,(H2,17,18,20). The van der Waals surface area contributed by atoms with Gasteiger partial charge >= 0.3 is 6.03 Å². The van der Waals surface area contributed by atoms with Crippen LogP contribution in [0.2, 0.25) is 0 Å². The molecule has 2 atom stereocenters. The Kier molecular flexibility index (Phi) is 4.82. The molecule has 20 heavy (non-hydrogen) atoms. The zero-order valence-corrected chi connectivity index (χ0v) is 12.5. The molecule has 5 nitrogen and oxygen atoms in total. The predicted octanol–water partition coefficient (Wildman–Crippen LogP) is 2.85. The number of urea groups is 1. The Balaban J connectivity index is 1.87. The molecule has 2 rings (SSSR count). The predicted molar refractivity (Wildman–Crippen MR) is 82.1 cm³/mol. The van der Waals surface area contributed by atoms with Gasteiger partial charge in [0.2, 0.25) is 0 Å². The first kappa shape index (κ1) is 14.6. The van der Waals surface area contributed by atoms with Gasteiger partial charge < -0.3 is 15.5 Å². The topological polar surface area (TPSA) is 57.3 Å². The second-order valence-electron chi connectivity index (χ2n) is 5.77. The average molecular weight is 276 g/mol. The molecular weight excluding hydrogens is 252 g/mol. The number of nitrogens with one attached hydrogen (secondary N) is 2. The summed E-state index contributed by atoms with van der Waals surface area (Å²) in [5.74, 6) is 1.43. The zero-order valence-electron chi connectivity index (χ0n) is 12.5. The highest BCUT2D eigenvalue weighted by Crippen LogP contribution is 2.23. The van der Waals surface area contributed by atoms with Crippen molar-refractivity contribution in [1.82, 2.24) is 10.3 Å². The highest BCUT2D eigenvalue weighted by molar-refractivity contribution is 5.89. The molecule has 0 aliphatic heterocycles. The lowest BCUT2D eigenvalue weighted by atomic mass is 9.86. The Morgan fingerprint density at radius 2 is 2.05 bits per heavy atom. The summed E-state index contributed by atoms with van der Waals surface area (Å²) >= 11 is 0. The summed E-state index contributed by atoms with van der Waals surface area (Å²) in [7, 11) is 3.87. The molecule has 0 spiro atoms. The lowest BCUT2D eigenvalue weighted by molar-refractivity contribution is 0.232. The summed E-state index contributed by atoms with van der Waals surface area (Å²) in [6.45, 7) is 2.21. The molecule has 1 heterocycles. The van der Waals surface area contributed by atoms with Crippen molar-refractivity contribution in [3.8, 4) is 0 Å². The van der Waals surface area contributed by atoms with Crippen LogP contribution < -0.4 is 15.5 Å². The lowest BCUT2D eigenvalue weighted by Crippen LogP contribution is -2.43. The van der Waals surface area contributed by atoms with E-state index in [0.717, 1.165) is 17.9 Å². The molecule has 1 aliphatic rings. The van der Waals surface area contributed by atoms with Crippen molar-refractivity contribution in [2.75, 3.05) is 24.3 Å². The normalized spacial score (nSPS) is 22.1. The highest BCUT2D eigenvalue weighted by atomic mass is 16.2. The number of rotatable bonds is 3. The van der Waals surface area contributed by atoms with Gasteiger partial charge in [0.1, 0.15) is 5.82 Å². The van der Waals surface area contributed by atoms with Crippen molar-refractivity contribution in [2.45, 2.75) is 38.6 Å². The van der Waals surface area contributed by atoms with Crippen molar-refractivity contribution >= 4 is 17.5 Å². The Morgan fingerprint density at radius 3 is 2.65 bits per heavy atom. The van der Waals surface area contributed by atoms with Gasteiger partial charge in [0.05, 0.1) is 11.9 Å². The number of amides is 2. The van der Waals surface area contributed by atoms with Crippen LogP contribution in [0.4, 0.5) is 16.3 Å². The summed E-state index contributed by atoms with van der Waals surface area (Å²) in [6, 6.07) is 3.91. The molecule has 2 unspecified atom stereocenters. The fourth-order valence-corrected chi connectivity index (χ4v) is 2.59. The fourth-order valence-electron chi connectivity index (χ4n) is 2.59. The van der Waals surface area contributed by atoms with Gasteiger partial charge in [-0.05, 0) is 30.9 Å². The Morgan fingerprint density at radius 1 is 1.30 bits per heavy atom. The van der Waals surface area contributed by atoms with Gasteiger partial charge in [-0.15, -0.1) is 0 Å². The number of anilines is 2. The fraction of sp³-hybridized carbons (Fsp3) is 0.600. The van der Waals surface area contributed by atoms with Crippen LogP contribution in [-0.4, -0.2) is 31.2 Å². The van der Waals surface area contributed by atoms with E-state index >= 15 is 0 Å². The molecule has 1 saturated carbocycles. The molecule has 0 bridgehead atoms. The maximum atomic E-state index is 12.0. The van der Waals surface area contributed by atoms with E-state index in [1.807, 2.05) is 31.1 Å². The molecule has 1 aromatic rings. The molecule has 1 aromatic heterocycles. The third-order valence-corrected chi connectivity index (χ3v) is 3.89. The maximum Gasteiger partial charge on any atom is 0.319 e. The van der Waals surface area contributed by atoms with Gasteiger partial charge in [-0.3, -0.25) is 0 Å². The van der Waals surface area contributed by atoms with Crippen LogP contribution in [0.5, 0.6) is 0 Å². The number of carbonyl (C=O) groups is 1. The molecule has 110 valence electrons. The average Bonchev–Trinajstić information content (AvgIpc) is 2.42. The monoisotopic (exact) mass is 276 g/mol. The summed E-state index contributed by atoms with van der Waals surface area (Å²) in [6.07, 6.45) is 6.43. The Hall–Kier alpha value is -1.78. The Labute approximate surface area is 120 Å². The first-order valence-corrected chi connectivity index (χ1v) is 7.27. The van der Waals surface area contributed by atoms with E-state index in [0.29, 0.717) is 5.92 Å². The molecule has 1 aliphatic carbocycles. The van der Waals surface area contributed by atoms with E-state index in [1.165, 1.54) is 19.3 Å². The highest BCUT2D eigenvalue weighted by Gasteiger charge is 2.22. The van der Waals surface area contributed by atoms with E-state index in [1.54, 1.807) is 6.20 Å². The van der Waals surface area contributed by atoms with Crippen molar-refractivity contribution in [3.63, 3.8) is 0 Å². The summed E-state index contributed by atoms with van der Waals surface area (Å²) in [4.78, 5) is 18.2. The van der Waals surface area contributed by atoms with Crippen molar-refractivity contribution in [3.05, 3.63) is 18.3 Å². The molecule has 2 N–H and O–H groups in total. The van der Waals surface area contributed by atoms with Crippen LogP contribution in [0.25, 0.3) is 0 Å². The van der Waals surface area contributed by atoms with Crippen LogP contribution in [0.15, 0.2) is 18.3 Å². The lowest BCUT2D eigenvalue weighted by Gasteiger charge is -2.29. The van der Waals surface area contributed by atoms with E-state index in [9.17, 15) is 4.79 Å². The second kappa shape index (κ2) is 6.59. The van der Waals surface area contributed by atoms with E-state index in [4.69, 9.17) is 0 Å². The molecular formula is C15H24N4O. The quantitative estimate of drug-likeness (QED) is 0.892. The summed E-state index contributed by atoms with van der Waals surface area (Å²) in [5, 5.41) is 5.91. The van der Waals surface area contributed by atoms with Crippen LogP contribution in [0, 0.1) is 5.92 Å². The molecule has 0 radical (unpaired) electrons. The minimum Gasteiger partial charge on any atom is -0.363 e. The third-order valence-electron chi connectivity index (χ3n) is 3.89. The molecule has 2 amide bonds. The van der Waals surface area contributed by atoms with E-state index in [2.05, 4.69) is 22.5 Å². The maximum absolute atomic E-state index is 12.0. The SMILES string of the molecule is CC1CCCCC1NC(=O)Nc1ccc(N(C)C)nc1. The van der Waals surface area contributed by atoms with Crippen molar-refractivity contribution in [2.24, 2.45) is 5.92 Å². The Bertz CT molecular complexity index is 444. The molecule has 0 aromatic carbocycles. The van der Waals surface area contributed by atoms with Crippen LogP contribution in [-0.2, 0) is 0 Å². The number of aromatic nitrogens is 1. The van der Waals surface area contributed by atoms with Gasteiger partial charge in [0, 0.05) is 20.1 Å². The minimum atomic E-state index is -0.136. The van der Waals surface area contributed by atoms with Gasteiger partial charge in [-0.25, -0.2) is 9.78 Å². The number of hydrogen-bond donors (Lipinski definition) is 2. The largest absolute Gasteiger partial charge is 0.363 e. The molecule has 1 fully saturated rings. The number of pyridine rings is 1. The van der Waals surface area contributed by atoms with Gasteiger partial charge in [-0.1, -0.05) is 19.8 Å². The number of hydrogen-bond acceptors (Lipinski definition) is 3. The van der Waals surface area contributed by atoms with Gasteiger partial charge in [-0.2, -0.15) is 0 Å². The number of nitrogens with zero attached hydrogens (tertiary/aromatic N) is 2. The van der Waals surface area contributed by atoms with Crippen molar-refractivity contribution in [1.29, 1.82) is 0 Å². The first-order valence-electron chi connectivity index (χ1n) is 7.27. The molecule has 0 saturated heterocycles. The summed E-state index contributed by atoms with van der Waals surface area (Å²) < 4.78 is 0. The zero-order chi connectivity index (χ0) is 14.5. The number of carbonyl (C=O) groups excluding carboxylic acids is 1. The van der Waals surface area contributed by atoms with Crippen LogP contribution in [0.3, 0.4) is 0 Å². The first-order chi connectivity index (χ1) is 9.56. The second-order valence-corrected chi connectivity index (χ2v) is 5.77. The smallest absolute Gasteiger partial charge is 0.319 e. The van der Waals surface area contributed by atoms with Crippen molar-refractivity contribution < 1.29 is 4.79 Å².